The minimum Gasteiger partial charge on any atom is -0.480 e. The van der Waals surface area contributed by atoms with Crippen LogP contribution >= 0.6 is 0 Å². The van der Waals surface area contributed by atoms with Gasteiger partial charge in [-0.25, -0.2) is 0 Å². The Morgan fingerprint density at radius 2 is 1.95 bits per heavy atom. The lowest BCUT2D eigenvalue weighted by Gasteiger charge is -2.16. The Morgan fingerprint density at radius 3 is 2.45 bits per heavy atom. The number of amides is 2. The number of benzene rings is 1. The molecular weight excluding hydrogens is 260 g/mol. The van der Waals surface area contributed by atoms with E-state index in [1.165, 1.54) is 6.92 Å². The molecule has 1 saturated heterocycles. The lowest BCUT2D eigenvalue weighted by molar-refractivity contribution is -0.138. The maximum Gasteiger partial charge on any atom is 0.325 e. The Bertz CT molecular complexity index is 539. The average Bonchev–Trinajstić information content (AvgIpc) is 2.85. The molecule has 1 heterocycles. The van der Waals surface area contributed by atoms with E-state index in [4.69, 9.17) is 5.11 Å². The molecule has 0 unspecified atom stereocenters. The summed E-state index contributed by atoms with van der Waals surface area (Å²) in [6.07, 6.45) is 1.40. The van der Waals surface area contributed by atoms with Gasteiger partial charge in [0.2, 0.25) is 5.91 Å². The van der Waals surface area contributed by atoms with Crippen LogP contribution in [0.2, 0.25) is 0 Å². The number of hydrogen-bond donors (Lipinski definition) is 2. The summed E-state index contributed by atoms with van der Waals surface area (Å²) >= 11 is 0. The van der Waals surface area contributed by atoms with E-state index < -0.39 is 17.9 Å². The van der Waals surface area contributed by atoms with Crippen LogP contribution in [-0.4, -0.2) is 35.5 Å². The van der Waals surface area contributed by atoms with Crippen LogP contribution in [0.1, 0.15) is 30.1 Å². The molecular formula is C14H16N2O4. The van der Waals surface area contributed by atoms with Gasteiger partial charge in [0.1, 0.15) is 6.04 Å². The number of aliphatic carboxylic acids is 1. The van der Waals surface area contributed by atoms with E-state index in [9.17, 15) is 14.4 Å². The van der Waals surface area contributed by atoms with Crippen LogP contribution in [0.3, 0.4) is 0 Å². The van der Waals surface area contributed by atoms with Gasteiger partial charge in [-0.2, -0.15) is 0 Å². The Balaban J connectivity index is 2.06. The van der Waals surface area contributed by atoms with Crippen molar-refractivity contribution in [1.82, 2.24) is 5.32 Å². The second-order valence-electron chi connectivity index (χ2n) is 4.73. The van der Waals surface area contributed by atoms with E-state index in [1.54, 1.807) is 29.2 Å². The number of hydrogen-bond acceptors (Lipinski definition) is 3. The molecule has 106 valence electrons. The second-order valence-corrected chi connectivity index (χ2v) is 4.73. The molecule has 1 aromatic rings. The maximum atomic E-state index is 11.8. The third kappa shape index (κ3) is 2.96. The van der Waals surface area contributed by atoms with Crippen molar-refractivity contribution in [3.63, 3.8) is 0 Å². The zero-order valence-corrected chi connectivity index (χ0v) is 11.1. The van der Waals surface area contributed by atoms with Crippen molar-refractivity contribution < 1.29 is 19.5 Å². The van der Waals surface area contributed by atoms with E-state index in [0.717, 1.165) is 12.1 Å². The molecule has 2 rings (SSSR count). The van der Waals surface area contributed by atoms with E-state index in [-0.39, 0.29) is 5.91 Å². The number of carboxylic acid groups (broad SMARTS) is 1. The Morgan fingerprint density at radius 1 is 1.30 bits per heavy atom. The van der Waals surface area contributed by atoms with E-state index in [1.807, 2.05) is 0 Å². The molecule has 1 atom stereocenters. The fraction of sp³-hybridized carbons (Fsp3) is 0.357. The molecule has 6 heteroatoms. The zero-order chi connectivity index (χ0) is 14.7. The summed E-state index contributed by atoms with van der Waals surface area (Å²) in [6, 6.07) is 5.63. The van der Waals surface area contributed by atoms with Crippen molar-refractivity contribution in [1.29, 1.82) is 0 Å². The Kier molecular flexibility index (Phi) is 4.02. The van der Waals surface area contributed by atoms with Gasteiger partial charge in [-0.15, -0.1) is 0 Å². The lowest BCUT2D eigenvalue weighted by atomic mass is 10.1. The van der Waals surface area contributed by atoms with Gasteiger partial charge >= 0.3 is 5.97 Å². The molecule has 0 saturated carbocycles. The minimum absolute atomic E-state index is 0.0849. The summed E-state index contributed by atoms with van der Waals surface area (Å²) in [5, 5.41) is 11.1. The van der Waals surface area contributed by atoms with Gasteiger partial charge < -0.3 is 15.3 Å². The molecule has 0 aromatic heterocycles. The van der Waals surface area contributed by atoms with E-state index >= 15 is 0 Å². The van der Waals surface area contributed by atoms with Crippen molar-refractivity contribution in [2.75, 3.05) is 11.4 Å². The van der Waals surface area contributed by atoms with Crippen LogP contribution in [0.5, 0.6) is 0 Å². The molecule has 0 aliphatic carbocycles. The second kappa shape index (κ2) is 5.73. The Hall–Kier alpha value is -2.37. The third-order valence-electron chi connectivity index (χ3n) is 3.23. The van der Waals surface area contributed by atoms with Gasteiger partial charge in [-0.3, -0.25) is 14.4 Å². The van der Waals surface area contributed by atoms with Gasteiger partial charge in [0.15, 0.2) is 0 Å². The van der Waals surface area contributed by atoms with Crippen molar-refractivity contribution in [2.45, 2.75) is 25.8 Å². The van der Waals surface area contributed by atoms with Crippen LogP contribution < -0.4 is 10.2 Å². The van der Waals surface area contributed by atoms with Crippen LogP contribution in [0.4, 0.5) is 5.69 Å². The quantitative estimate of drug-likeness (QED) is 0.859. The number of rotatable bonds is 4. The highest BCUT2D eigenvalue weighted by Gasteiger charge is 2.22. The van der Waals surface area contributed by atoms with Gasteiger partial charge in [-0.1, -0.05) is 0 Å². The summed E-state index contributed by atoms with van der Waals surface area (Å²) < 4.78 is 0. The number of nitrogens with zero attached hydrogens (tertiary/aromatic N) is 1. The molecule has 2 N–H and O–H groups in total. The molecule has 1 fully saturated rings. The summed E-state index contributed by atoms with van der Waals surface area (Å²) in [5.74, 6) is -1.45. The van der Waals surface area contributed by atoms with E-state index in [0.29, 0.717) is 18.5 Å². The number of carboxylic acids is 1. The van der Waals surface area contributed by atoms with Crippen LogP contribution in [0.15, 0.2) is 24.3 Å². The summed E-state index contributed by atoms with van der Waals surface area (Å²) in [5.41, 5.74) is 1.13. The first kappa shape index (κ1) is 14.0. The predicted octanol–water partition coefficient (Wildman–Crippen LogP) is 1.02. The first-order chi connectivity index (χ1) is 9.49. The largest absolute Gasteiger partial charge is 0.480 e. The van der Waals surface area contributed by atoms with Crippen molar-refractivity contribution in [3.8, 4) is 0 Å². The fourth-order valence-corrected chi connectivity index (χ4v) is 2.06. The smallest absolute Gasteiger partial charge is 0.325 e. The van der Waals surface area contributed by atoms with Crippen molar-refractivity contribution in [3.05, 3.63) is 29.8 Å². The highest BCUT2D eigenvalue weighted by Crippen LogP contribution is 2.21. The maximum absolute atomic E-state index is 11.8. The molecule has 0 spiro atoms. The summed E-state index contributed by atoms with van der Waals surface area (Å²) in [7, 11) is 0. The van der Waals surface area contributed by atoms with Crippen molar-refractivity contribution >= 4 is 23.5 Å². The minimum atomic E-state index is -1.09. The SMILES string of the molecule is C[C@@H](NC(=O)c1ccc(N2CCCC2=O)cc1)C(=O)O. The van der Waals surface area contributed by atoms with Gasteiger partial charge in [0.25, 0.3) is 5.91 Å². The van der Waals surface area contributed by atoms with Crippen molar-refractivity contribution in [2.24, 2.45) is 0 Å². The molecule has 1 aliphatic rings. The molecule has 1 aromatic carbocycles. The van der Waals surface area contributed by atoms with Crippen LogP contribution in [0.25, 0.3) is 0 Å². The number of nitrogens with one attached hydrogen (secondary N) is 1. The van der Waals surface area contributed by atoms with Crippen LogP contribution in [-0.2, 0) is 9.59 Å². The van der Waals surface area contributed by atoms with Gasteiger partial charge in [0.05, 0.1) is 0 Å². The first-order valence-electron chi connectivity index (χ1n) is 6.43. The standard InChI is InChI=1S/C14H16N2O4/c1-9(14(19)20)15-13(18)10-4-6-11(7-5-10)16-8-2-3-12(16)17/h4-7,9H,2-3,8H2,1H3,(H,15,18)(H,19,20)/t9-/m1/s1. The highest BCUT2D eigenvalue weighted by molar-refractivity contribution is 5.98. The fourth-order valence-electron chi connectivity index (χ4n) is 2.06. The van der Waals surface area contributed by atoms with E-state index in [2.05, 4.69) is 5.32 Å². The molecule has 2 amide bonds. The molecule has 1 aliphatic heterocycles. The summed E-state index contributed by atoms with van der Waals surface area (Å²) in [4.78, 5) is 35.8. The molecule has 0 bridgehead atoms. The Labute approximate surface area is 116 Å². The average molecular weight is 276 g/mol. The molecule has 6 nitrogen and oxygen atoms in total. The molecule has 20 heavy (non-hydrogen) atoms. The number of anilines is 1. The van der Waals surface area contributed by atoms with Crippen LogP contribution in [0, 0.1) is 0 Å². The number of carbonyl (C=O) groups is 3. The third-order valence-corrected chi connectivity index (χ3v) is 3.23. The lowest BCUT2D eigenvalue weighted by Crippen LogP contribution is -2.38. The van der Waals surface area contributed by atoms with Gasteiger partial charge in [0, 0.05) is 24.2 Å². The topological polar surface area (TPSA) is 86.7 Å². The summed E-state index contributed by atoms with van der Waals surface area (Å²) in [6.45, 7) is 2.10. The first-order valence-corrected chi connectivity index (χ1v) is 6.43. The number of carbonyl (C=O) groups excluding carboxylic acids is 2. The monoisotopic (exact) mass is 276 g/mol. The zero-order valence-electron chi connectivity index (χ0n) is 11.1. The predicted molar refractivity (Wildman–Crippen MR) is 72.6 cm³/mol. The normalized spacial score (nSPS) is 16.1. The van der Waals surface area contributed by atoms with Gasteiger partial charge in [-0.05, 0) is 37.6 Å². The highest BCUT2D eigenvalue weighted by atomic mass is 16.4. The molecule has 0 radical (unpaired) electrons.